The van der Waals surface area contributed by atoms with Crippen LogP contribution in [0.1, 0.15) is 104 Å². The van der Waals surface area contributed by atoms with Gasteiger partial charge in [-0.3, -0.25) is 4.79 Å². The Hall–Kier alpha value is -4.22. The lowest BCUT2D eigenvalue weighted by molar-refractivity contribution is -0.124. The molecule has 1 aliphatic rings. The average molecular weight is 600 g/mol. The first-order valence-electron chi connectivity index (χ1n) is 16.3. The van der Waals surface area contributed by atoms with E-state index in [9.17, 15) is 10.1 Å². The molecule has 0 saturated heterocycles. The maximum Gasteiger partial charge on any atom is 0.274 e. The van der Waals surface area contributed by atoms with Gasteiger partial charge in [0, 0.05) is 36.8 Å². The van der Waals surface area contributed by atoms with Gasteiger partial charge in [0.25, 0.3) is 5.70 Å². The van der Waals surface area contributed by atoms with E-state index in [1.807, 2.05) is 19.1 Å². The predicted octanol–water partition coefficient (Wildman–Crippen LogP) is 8.93. The van der Waals surface area contributed by atoms with Crippen LogP contribution in [-0.2, 0) is 4.79 Å². The highest BCUT2D eigenvalue weighted by Gasteiger charge is 2.36. The summed E-state index contributed by atoms with van der Waals surface area (Å²) in [5.41, 5.74) is 1.82. The number of nitrogens with zero attached hydrogens (tertiary/aromatic N) is 5. The van der Waals surface area contributed by atoms with Gasteiger partial charge in [-0.1, -0.05) is 78.9 Å². The first-order valence-corrected chi connectivity index (χ1v) is 16.3. The molecule has 1 aromatic carbocycles. The maximum atomic E-state index is 13.6. The van der Waals surface area contributed by atoms with Crippen LogP contribution in [0.15, 0.2) is 40.9 Å². The number of anilines is 1. The second-order valence-corrected chi connectivity index (χ2v) is 10.9. The summed E-state index contributed by atoms with van der Waals surface area (Å²) in [6.45, 7) is 29.3. The summed E-state index contributed by atoms with van der Waals surface area (Å²) >= 11 is 0. The fourth-order valence-corrected chi connectivity index (χ4v) is 4.83. The van der Waals surface area contributed by atoms with Gasteiger partial charge in [0.15, 0.2) is 0 Å². The van der Waals surface area contributed by atoms with Crippen molar-refractivity contribution in [3.05, 3.63) is 69.3 Å². The zero-order valence-electron chi connectivity index (χ0n) is 27.4. The second-order valence-electron chi connectivity index (χ2n) is 10.9. The van der Waals surface area contributed by atoms with Crippen LogP contribution in [0, 0.1) is 24.5 Å². The third-order valence-electron chi connectivity index (χ3n) is 7.45. The second kappa shape index (κ2) is 19.9. The molecule has 236 valence electrons. The van der Waals surface area contributed by atoms with E-state index in [1.54, 1.807) is 12.2 Å². The molecule has 1 heterocycles. The van der Waals surface area contributed by atoms with Gasteiger partial charge in [-0.15, -0.1) is 0 Å². The Morgan fingerprint density at radius 1 is 0.886 bits per heavy atom. The highest BCUT2D eigenvalue weighted by atomic mass is 16.5. The van der Waals surface area contributed by atoms with E-state index in [4.69, 9.17) is 22.6 Å². The lowest BCUT2D eigenvalue weighted by Crippen LogP contribution is -2.27. The molecule has 1 amide bonds. The van der Waals surface area contributed by atoms with Crippen molar-refractivity contribution in [1.29, 1.82) is 5.26 Å². The highest BCUT2D eigenvalue weighted by Crippen LogP contribution is 2.39. The topological polar surface area (TPSA) is 74.5 Å². The number of nitriles is 1. The van der Waals surface area contributed by atoms with E-state index in [0.29, 0.717) is 31.9 Å². The minimum absolute atomic E-state index is 0.0321. The largest absolute Gasteiger partial charge is 0.493 e. The normalized spacial score (nSPS) is 14.0. The van der Waals surface area contributed by atoms with Crippen molar-refractivity contribution in [3.63, 3.8) is 0 Å². The minimum atomic E-state index is -0.373. The molecular formula is C36H49N5O3. The molecule has 0 fully saturated rings. The Kier molecular flexibility index (Phi) is 16.2. The quantitative estimate of drug-likeness (QED) is 0.0850. The fourth-order valence-electron chi connectivity index (χ4n) is 4.83. The van der Waals surface area contributed by atoms with Crippen molar-refractivity contribution < 1.29 is 14.3 Å². The van der Waals surface area contributed by atoms with Crippen molar-refractivity contribution in [2.24, 2.45) is 0 Å². The predicted molar refractivity (Wildman–Crippen MR) is 178 cm³/mol. The van der Waals surface area contributed by atoms with Gasteiger partial charge in [-0.2, -0.15) is 0 Å². The smallest absolute Gasteiger partial charge is 0.274 e. The van der Waals surface area contributed by atoms with Crippen LogP contribution < -0.4 is 14.4 Å². The van der Waals surface area contributed by atoms with Gasteiger partial charge >= 0.3 is 0 Å². The molecule has 0 atom stereocenters. The standard InChI is InChI=1S/C36H49N5O3/c1-8-13-20-40(21-14-9-2)31-26-32(43-23-16-11-4)28(25-33(31)44-24-17-12-5)18-19-29-34(39-7)35(30(27-37)38-6)41(36(29)42)22-15-10-3/h18-19,25-26H,8-17,20-24H2,1-5H3/b19-18+,35-30+. The van der Waals surface area contributed by atoms with Gasteiger partial charge in [0.05, 0.1) is 43.8 Å². The minimum Gasteiger partial charge on any atom is -0.493 e. The van der Waals surface area contributed by atoms with E-state index in [1.165, 1.54) is 4.90 Å². The molecule has 0 spiro atoms. The number of amides is 1. The molecule has 0 aromatic heterocycles. The molecule has 8 heteroatoms. The van der Waals surface area contributed by atoms with Gasteiger partial charge in [-0.05, 0) is 38.2 Å². The molecule has 2 rings (SSSR count). The number of benzene rings is 1. The van der Waals surface area contributed by atoms with Crippen LogP contribution in [0.5, 0.6) is 11.5 Å². The van der Waals surface area contributed by atoms with Gasteiger partial charge in [0.2, 0.25) is 11.6 Å². The molecule has 0 unspecified atom stereocenters. The lowest BCUT2D eigenvalue weighted by Gasteiger charge is -2.28. The number of carbonyl (C=O) groups excluding carboxylic acids is 1. The third-order valence-corrected chi connectivity index (χ3v) is 7.45. The Morgan fingerprint density at radius 2 is 1.48 bits per heavy atom. The van der Waals surface area contributed by atoms with Gasteiger partial charge in [-0.25, -0.2) is 15.0 Å². The Balaban J connectivity index is 2.73. The summed E-state index contributed by atoms with van der Waals surface area (Å²) in [6, 6.07) is 5.93. The van der Waals surface area contributed by atoms with Crippen molar-refractivity contribution in [3.8, 4) is 17.6 Å². The molecule has 0 bridgehead atoms. The summed E-state index contributed by atoms with van der Waals surface area (Å²) < 4.78 is 12.7. The number of unbranched alkanes of at least 4 members (excludes halogenated alkanes) is 5. The summed E-state index contributed by atoms with van der Waals surface area (Å²) in [5.74, 6) is 1.09. The van der Waals surface area contributed by atoms with Gasteiger partial charge < -0.3 is 19.3 Å². The fraction of sp³-hybridized carbons (Fsp3) is 0.556. The highest BCUT2D eigenvalue weighted by molar-refractivity contribution is 6.04. The van der Waals surface area contributed by atoms with Crippen molar-refractivity contribution in [2.75, 3.05) is 37.7 Å². The summed E-state index contributed by atoms with van der Waals surface area (Å²) in [5, 5.41) is 9.62. The monoisotopic (exact) mass is 599 g/mol. The molecule has 8 nitrogen and oxygen atoms in total. The molecule has 1 aromatic rings. The third kappa shape index (κ3) is 9.65. The molecular weight excluding hydrogens is 550 g/mol. The first-order chi connectivity index (χ1) is 21.4. The number of ether oxygens (including phenoxy) is 2. The van der Waals surface area contributed by atoms with Crippen molar-refractivity contribution >= 4 is 17.7 Å². The Labute approximate surface area is 265 Å². The van der Waals surface area contributed by atoms with Crippen molar-refractivity contribution in [1.82, 2.24) is 4.90 Å². The molecule has 1 aliphatic heterocycles. The SMILES string of the molecule is [C-]#[N+]C1=C(/C=C/c2cc(OCCCC)c(N(CCCC)CCCC)cc2OCCCC)C(=O)N(CCCC)/C1=C(\C#N)[N+]#[C-]. The zero-order chi connectivity index (χ0) is 32.3. The number of hydrogen-bond acceptors (Lipinski definition) is 5. The van der Waals surface area contributed by atoms with E-state index >= 15 is 0 Å². The average Bonchev–Trinajstić information content (AvgIpc) is 3.30. The van der Waals surface area contributed by atoms with Crippen LogP contribution in [0.3, 0.4) is 0 Å². The van der Waals surface area contributed by atoms with Crippen LogP contribution >= 0.6 is 0 Å². The molecule has 44 heavy (non-hydrogen) atoms. The number of rotatable bonds is 20. The summed E-state index contributed by atoms with van der Waals surface area (Å²) in [4.78, 5) is 24.4. The number of carbonyl (C=O) groups is 1. The lowest BCUT2D eigenvalue weighted by atomic mass is 10.1. The number of allylic oxidation sites excluding steroid dienone is 1. The van der Waals surface area contributed by atoms with Crippen LogP contribution in [0.2, 0.25) is 0 Å². The van der Waals surface area contributed by atoms with Gasteiger partial charge in [0.1, 0.15) is 11.5 Å². The van der Waals surface area contributed by atoms with Crippen LogP contribution in [0.25, 0.3) is 15.8 Å². The molecule has 0 radical (unpaired) electrons. The number of hydrogen-bond donors (Lipinski definition) is 0. The Bertz CT molecular complexity index is 1300. The van der Waals surface area contributed by atoms with Crippen LogP contribution in [0.4, 0.5) is 5.69 Å². The molecule has 0 N–H and O–H groups in total. The molecule has 0 aliphatic carbocycles. The van der Waals surface area contributed by atoms with E-state index in [-0.39, 0.29) is 28.6 Å². The maximum absolute atomic E-state index is 13.6. The summed E-state index contributed by atoms with van der Waals surface area (Å²) in [7, 11) is 0. The Morgan fingerprint density at radius 3 is 2.00 bits per heavy atom. The first kappa shape index (κ1) is 36.0. The van der Waals surface area contributed by atoms with Crippen molar-refractivity contribution in [2.45, 2.75) is 98.8 Å². The zero-order valence-corrected chi connectivity index (χ0v) is 27.4. The van der Waals surface area contributed by atoms with E-state index in [2.05, 4.69) is 48.4 Å². The van der Waals surface area contributed by atoms with E-state index < -0.39 is 0 Å². The molecule has 0 saturated carbocycles. The van der Waals surface area contributed by atoms with E-state index in [0.717, 1.165) is 87.9 Å². The van der Waals surface area contributed by atoms with Crippen LogP contribution in [-0.4, -0.2) is 43.7 Å². The summed E-state index contributed by atoms with van der Waals surface area (Å²) in [6.07, 6.45) is 13.1.